The van der Waals surface area contributed by atoms with E-state index >= 15 is 0 Å². The number of carbonyl (C=O) groups excluding carboxylic acids is 1. The molecule has 0 radical (unpaired) electrons. The van der Waals surface area contributed by atoms with Crippen LogP contribution in [0.25, 0.3) is 0 Å². The lowest BCUT2D eigenvalue weighted by atomic mass is 10.1. The quantitative estimate of drug-likeness (QED) is 0.806. The van der Waals surface area contributed by atoms with E-state index in [1.165, 1.54) is 6.42 Å². The van der Waals surface area contributed by atoms with Crippen molar-refractivity contribution in [1.82, 2.24) is 15.1 Å². The predicted molar refractivity (Wildman–Crippen MR) is 75.6 cm³/mol. The first-order valence-electron chi connectivity index (χ1n) is 7.61. The van der Waals surface area contributed by atoms with E-state index in [1.807, 2.05) is 11.8 Å². The van der Waals surface area contributed by atoms with Gasteiger partial charge in [0.15, 0.2) is 0 Å². The van der Waals surface area contributed by atoms with Crippen LogP contribution in [0.1, 0.15) is 32.6 Å². The Kier molecular flexibility index (Phi) is 5.23. The van der Waals surface area contributed by atoms with Crippen LogP contribution in [0.2, 0.25) is 0 Å². The Labute approximate surface area is 120 Å². The van der Waals surface area contributed by atoms with Gasteiger partial charge in [0, 0.05) is 32.2 Å². The zero-order chi connectivity index (χ0) is 14.5. The molecule has 0 saturated carbocycles. The van der Waals surface area contributed by atoms with Crippen LogP contribution in [-0.2, 0) is 4.79 Å². The summed E-state index contributed by atoms with van der Waals surface area (Å²) in [7, 11) is 0. The lowest BCUT2D eigenvalue weighted by molar-refractivity contribution is -0.141. The second-order valence-corrected chi connectivity index (χ2v) is 5.76. The summed E-state index contributed by atoms with van der Waals surface area (Å²) in [6, 6.07) is 0.378. The normalized spacial score (nSPS) is 24.9. The number of hydrogen-bond donors (Lipinski definition) is 2. The van der Waals surface area contributed by atoms with Crippen LogP contribution >= 0.6 is 0 Å². The van der Waals surface area contributed by atoms with Crippen molar-refractivity contribution >= 4 is 12.0 Å². The Balaban J connectivity index is 1.83. The van der Waals surface area contributed by atoms with Crippen molar-refractivity contribution < 1.29 is 14.7 Å². The molecule has 2 amide bonds. The summed E-state index contributed by atoms with van der Waals surface area (Å²) < 4.78 is 0. The third-order valence-electron chi connectivity index (χ3n) is 4.43. The summed E-state index contributed by atoms with van der Waals surface area (Å²) in [6.45, 7) is 5.80. The number of carboxylic acid groups (broad SMARTS) is 1. The van der Waals surface area contributed by atoms with Crippen LogP contribution in [0.3, 0.4) is 0 Å². The summed E-state index contributed by atoms with van der Waals surface area (Å²) in [4.78, 5) is 27.5. The third-order valence-corrected chi connectivity index (χ3v) is 4.43. The first-order valence-corrected chi connectivity index (χ1v) is 7.61. The number of urea groups is 1. The van der Waals surface area contributed by atoms with E-state index in [1.54, 1.807) is 0 Å². The monoisotopic (exact) mass is 283 g/mol. The van der Waals surface area contributed by atoms with Gasteiger partial charge in [0.05, 0.1) is 5.92 Å². The predicted octanol–water partition coefficient (Wildman–Crippen LogP) is 0.977. The van der Waals surface area contributed by atoms with E-state index in [4.69, 9.17) is 5.11 Å². The molecule has 2 N–H and O–H groups in total. The molecule has 0 bridgehead atoms. The van der Waals surface area contributed by atoms with Gasteiger partial charge in [-0.05, 0) is 32.2 Å². The maximum Gasteiger partial charge on any atom is 0.317 e. The fourth-order valence-electron chi connectivity index (χ4n) is 3.12. The second-order valence-electron chi connectivity index (χ2n) is 5.76. The second kappa shape index (κ2) is 6.92. The number of hydrogen-bond acceptors (Lipinski definition) is 3. The minimum absolute atomic E-state index is 0.113. The molecule has 2 rings (SSSR count). The van der Waals surface area contributed by atoms with Crippen molar-refractivity contribution in [3.8, 4) is 0 Å². The van der Waals surface area contributed by atoms with E-state index in [2.05, 4.69) is 10.2 Å². The van der Waals surface area contributed by atoms with E-state index in [0.717, 1.165) is 39.0 Å². The molecule has 0 aromatic carbocycles. The van der Waals surface area contributed by atoms with Crippen molar-refractivity contribution in [2.45, 2.75) is 38.6 Å². The SMILES string of the molecule is CCC(CNC(=O)N1CCCN2CCCC2C1)C(=O)O. The first-order chi connectivity index (χ1) is 9.61. The standard InChI is InChI=1S/C14H25N3O3/c1-2-11(13(18)19)9-15-14(20)17-8-4-7-16-6-3-5-12(16)10-17/h11-12H,2-10H2,1H3,(H,15,20)(H,18,19). The molecule has 0 aliphatic carbocycles. The van der Waals surface area contributed by atoms with Gasteiger partial charge in [-0.3, -0.25) is 9.69 Å². The van der Waals surface area contributed by atoms with Gasteiger partial charge in [0.25, 0.3) is 0 Å². The van der Waals surface area contributed by atoms with Gasteiger partial charge in [-0.2, -0.15) is 0 Å². The smallest absolute Gasteiger partial charge is 0.317 e. The highest BCUT2D eigenvalue weighted by atomic mass is 16.4. The number of nitrogens with zero attached hydrogens (tertiary/aromatic N) is 2. The van der Waals surface area contributed by atoms with E-state index in [9.17, 15) is 9.59 Å². The van der Waals surface area contributed by atoms with Crippen LogP contribution in [0.4, 0.5) is 4.79 Å². The minimum atomic E-state index is -0.842. The summed E-state index contributed by atoms with van der Waals surface area (Å²) in [5.74, 6) is -1.33. The van der Waals surface area contributed by atoms with Crippen LogP contribution in [-0.4, -0.2) is 65.7 Å². The molecule has 114 valence electrons. The van der Waals surface area contributed by atoms with Gasteiger partial charge < -0.3 is 15.3 Å². The number of carbonyl (C=O) groups is 2. The van der Waals surface area contributed by atoms with Gasteiger partial charge >= 0.3 is 12.0 Å². The van der Waals surface area contributed by atoms with Gasteiger partial charge in [-0.15, -0.1) is 0 Å². The van der Waals surface area contributed by atoms with Crippen molar-refractivity contribution in [3.05, 3.63) is 0 Å². The minimum Gasteiger partial charge on any atom is -0.481 e. The third kappa shape index (κ3) is 3.62. The lowest BCUT2D eigenvalue weighted by Crippen LogP contribution is -2.46. The Bertz CT molecular complexity index is 362. The molecule has 2 aliphatic heterocycles. The summed E-state index contributed by atoms with van der Waals surface area (Å²) >= 11 is 0. The van der Waals surface area contributed by atoms with Crippen molar-refractivity contribution in [1.29, 1.82) is 0 Å². The topological polar surface area (TPSA) is 72.9 Å². The number of fused-ring (bicyclic) bond motifs is 1. The van der Waals surface area contributed by atoms with Gasteiger partial charge in [0.1, 0.15) is 0 Å². The van der Waals surface area contributed by atoms with Gasteiger partial charge in [-0.25, -0.2) is 4.79 Å². The van der Waals surface area contributed by atoms with E-state index in [-0.39, 0.29) is 12.6 Å². The molecule has 0 aromatic heterocycles. The molecule has 0 spiro atoms. The van der Waals surface area contributed by atoms with Crippen LogP contribution in [0, 0.1) is 5.92 Å². The average molecular weight is 283 g/mol. The molecule has 20 heavy (non-hydrogen) atoms. The van der Waals surface area contributed by atoms with Gasteiger partial charge in [0.2, 0.25) is 0 Å². The number of aliphatic carboxylic acids is 1. The van der Waals surface area contributed by atoms with E-state index in [0.29, 0.717) is 12.5 Å². The molecule has 6 nitrogen and oxygen atoms in total. The van der Waals surface area contributed by atoms with Crippen LogP contribution < -0.4 is 5.32 Å². The lowest BCUT2D eigenvalue weighted by Gasteiger charge is -2.26. The molecule has 2 saturated heterocycles. The Morgan fingerprint density at radius 1 is 1.30 bits per heavy atom. The largest absolute Gasteiger partial charge is 0.481 e. The average Bonchev–Trinajstić information content (AvgIpc) is 2.76. The molecular weight excluding hydrogens is 258 g/mol. The Morgan fingerprint density at radius 3 is 2.75 bits per heavy atom. The maximum absolute atomic E-state index is 12.2. The molecule has 2 aliphatic rings. The van der Waals surface area contributed by atoms with E-state index < -0.39 is 11.9 Å². The highest BCUT2D eigenvalue weighted by Gasteiger charge is 2.30. The summed E-state index contributed by atoms with van der Waals surface area (Å²) in [5, 5.41) is 11.8. The number of amides is 2. The van der Waals surface area contributed by atoms with Crippen molar-refractivity contribution in [3.63, 3.8) is 0 Å². The number of carboxylic acids is 1. The number of nitrogens with one attached hydrogen (secondary N) is 1. The summed E-state index contributed by atoms with van der Waals surface area (Å²) in [5.41, 5.74) is 0. The molecule has 2 heterocycles. The molecule has 2 atom stereocenters. The molecule has 2 unspecified atom stereocenters. The van der Waals surface area contributed by atoms with Crippen LogP contribution in [0.5, 0.6) is 0 Å². The highest BCUT2D eigenvalue weighted by Crippen LogP contribution is 2.21. The Morgan fingerprint density at radius 2 is 2.05 bits per heavy atom. The van der Waals surface area contributed by atoms with Crippen LogP contribution in [0.15, 0.2) is 0 Å². The molecule has 6 heteroatoms. The van der Waals surface area contributed by atoms with Crippen molar-refractivity contribution in [2.24, 2.45) is 5.92 Å². The maximum atomic E-state index is 12.2. The fraction of sp³-hybridized carbons (Fsp3) is 0.857. The zero-order valence-electron chi connectivity index (χ0n) is 12.2. The number of rotatable bonds is 4. The first kappa shape index (κ1) is 15.1. The zero-order valence-corrected chi connectivity index (χ0v) is 12.2. The summed E-state index contributed by atoms with van der Waals surface area (Å²) in [6.07, 6.45) is 3.92. The van der Waals surface area contributed by atoms with Crippen molar-refractivity contribution in [2.75, 3.05) is 32.7 Å². The Hall–Kier alpha value is -1.30. The highest BCUT2D eigenvalue weighted by molar-refractivity contribution is 5.76. The fourth-order valence-corrected chi connectivity index (χ4v) is 3.12. The molecule has 0 aromatic rings. The van der Waals surface area contributed by atoms with Gasteiger partial charge in [-0.1, -0.05) is 6.92 Å². The molecule has 2 fully saturated rings. The molecular formula is C14H25N3O3.